The van der Waals surface area contributed by atoms with E-state index in [4.69, 9.17) is 0 Å². The van der Waals surface area contributed by atoms with Gasteiger partial charge in [0.15, 0.2) is 0 Å². The molecule has 3 aromatic rings. The number of anilines is 1. The second-order valence-electron chi connectivity index (χ2n) is 5.76. The normalized spacial score (nSPS) is 11.9. The zero-order valence-corrected chi connectivity index (χ0v) is 17.9. The number of rotatable bonds is 6. The average Bonchev–Trinajstić information content (AvgIpc) is 3.22. The third kappa shape index (κ3) is 5.06. The van der Waals surface area contributed by atoms with Crippen LogP contribution in [-0.2, 0) is 10.0 Å². The van der Waals surface area contributed by atoms with Gasteiger partial charge in [0, 0.05) is 10.2 Å². The number of hydrogen-bond donors (Lipinski definition) is 2. The van der Waals surface area contributed by atoms with Gasteiger partial charge in [0.1, 0.15) is 0 Å². The fourth-order valence-corrected chi connectivity index (χ4v) is 4.02. The Morgan fingerprint density at radius 3 is 2.50 bits per heavy atom. The summed E-state index contributed by atoms with van der Waals surface area (Å²) in [6.45, 7) is 1.68. The quantitative estimate of drug-likeness (QED) is 0.405. The first kappa shape index (κ1) is 20.2. The number of hydrogen-bond acceptors (Lipinski definition) is 5. The summed E-state index contributed by atoms with van der Waals surface area (Å²) in [5.74, 6) is -0.197. The largest absolute Gasteiger partial charge is 0.321 e. The van der Waals surface area contributed by atoms with Gasteiger partial charge in [0.2, 0.25) is 0 Å². The second-order valence-corrected chi connectivity index (χ2v) is 9.28. The number of hydrazone groups is 1. The summed E-state index contributed by atoms with van der Waals surface area (Å²) in [5, 5.41) is 8.64. The van der Waals surface area contributed by atoms with E-state index in [0.29, 0.717) is 21.8 Å². The van der Waals surface area contributed by atoms with Crippen LogP contribution in [0.15, 0.2) is 80.5 Å². The molecule has 0 aliphatic rings. The van der Waals surface area contributed by atoms with Crippen molar-refractivity contribution in [1.29, 1.82) is 0 Å². The maximum Gasteiger partial charge on any atom is 0.276 e. The van der Waals surface area contributed by atoms with Crippen LogP contribution in [0.3, 0.4) is 0 Å². The third-order valence-corrected chi connectivity index (χ3v) is 6.36. The fraction of sp³-hybridized carbons (Fsp3) is 0.0526. The lowest BCUT2D eigenvalue weighted by Crippen LogP contribution is -2.20. The lowest BCUT2D eigenvalue weighted by atomic mass is 10.1. The van der Waals surface area contributed by atoms with Crippen molar-refractivity contribution in [2.75, 3.05) is 5.32 Å². The Balaban J connectivity index is 1.74. The highest BCUT2D eigenvalue weighted by molar-refractivity contribution is 9.10. The van der Waals surface area contributed by atoms with Crippen molar-refractivity contribution in [3.63, 3.8) is 0 Å². The molecule has 0 saturated carbocycles. The SMILES string of the molecule is CC(=NNS(=O)(=O)c1ccc(Br)cc1)c1cccc(NC(=O)c2cccs2)c1. The zero-order chi connectivity index (χ0) is 20.1. The van der Waals surface area contributed by atoms with Crippen molar-refractivity contribution in [1.82, 2.24) is 4.83 Å². The van der Waals surface area contributed by atoms with Gasteiger partial charge in [0.25, 0.3) is 15.9 Å². The van der Waals surface area contributed by atoms with Crippen LogP contribution in [0.4, 0.5) is 5.69 Å². The Morgan fingerprint density at radius 1 is 1.07 bits per heavy atom. The molecule has 0 fully saturated rings. The van der Waals surface area contributed by atoms with Gasteiger partial charge in [-0.25, -0.2) is 0 Å². The number of amides is 1. The lowest BCUT2D eigenvalue weighted by molar-refractivity contribution is 0.103. The summed E-state index contributed by atoms with van der Waals surface area (Å²) < 4.78 is 25.5. The molecule has 0 unspecified atom stereocenters. The van der Waals surface area contributed by atoms with E-state index in [1.807, 2.05) is 11.4 Å². The van der Waals surface area contributed by atoms with Crippen LogP contribution < -0.4 is 10.1 Å². The van der Waals surface area contributed by atoms with Crippen molar-refractivity contribution < 1.29 is 13.2 Å². The summed E-state index contributed by atoms with van der Waals surface area (Å²) in [6, 6.07) is 16.9. The molecule has 0 aliphatic heterocycles. The molecule has 0 spiro atoms. The number of sulfonamides is 1. The first-order valence-electron chi connectivity index (χ1n) is 8.12. The standard InChI is InChI=1S/C19H16BrN3O3S2/c1-13(22-23-28(25,26)17-9-7-15(20)8-10-17)14-4-2-5-16(12-14)21-19(24)18-6-3-11-27-18/h2-12,23H,1H3,(H,21,24). The highest BCUT2D eigenvalue weighted by atomic mass is 79.9. The van der Waals surface area contributed by atoms with Crippen LogP contribution in [0, 0.1) is 0 Å². The van der Waals surface area contributed by atoms with Gasteiger partial charge in [-0.05, 0) is 60.3 Å². The molecule has 0 bridgehead atoms. The topological polar surface area (TPSA) is 87.6 Å². The number of nitrogens with zero attached hydrogens (tertiary/aromatic N) is 1. The highest BCUT2D eigenvalue weighted by Crippen LogP contribution is 2.17. The van der Waals surface area contributed by atoms with Crippen LogP contribution in [0.1, 0.15) is 22.2 Å². The van der Waals surface area contributed by atoms with Crippen molar-refractivity contribution in [3.8, 4) is 0 Å². The summed E-state index contributed by atoms with van der Waals surface area (Å²) in [4.78, 5) is 15.1. The van der Waals surface area contributed by atoms with E-state index in [-0.39, 0.29) is 10.8 Å². The zero-order valence-electron chi connectivity index (χ0n) is 14.7. The minimum Gasteiger partial charge on any atom is -0.321 e. The summed E-state index contributed by atoms with van der Waals surface area (Å²) in [5.41, 5.74) is 1.75. The molecule has 144 valence electrons. The van der Waals surface area contributed by atoms with Gasteiger partial charge in [-0.15, -0.1) is 11.3 Å². The number of thiophene rings is 1. The van der Waals surface area contributed by atoms with Gasteiger partial charge in [-0.2, -0.15) is 18.4 Å². The van der Waals surface area contributed by atoms with Crippen molar-refractivity contribution >= 4 is 54.6 Å². The minimum absolute atomic E-state index is 0.115. The Morgan fingerprint density at radius 2 is 1.82 bits per heavy atom. The van der Waals surface area contributed by atoms with Gasteiger partial charge in [0.05, 0.1) is 15.5 Å². The van der Waals surface area contributed by atoms with Crippen LogP contribution in [0.2, 0.25) is 0 Å². The smallest absolute Gasteiger partial charge is 0.276 e. The lowest BCUT2D eigenvalue weighted by Gasteiger charge is -2.08. The molecule has 0 saturated heterocycles. The van der Waals surface area contributed by atoms with E-state index in [9.17, 15) is 13.2 Å². The highest BCUT2D eigenvalue weighted by Gasteiger charge is 2.13. The van der Waals surface area contributed by atoms with E-state index in [2.05, 4.69) is 31.2 Å². The molecule has 6 nitrogen and oxygen atoms in total. The summed E-state index contributed by atoms with van der Waals surface area (Å²) in [6.07, 6.45) is 0. The molecule has 0 aliphatic carbocycles. The first-order valence-corrected chi connectivity index (χ1v) is 11.3. The molecule has 1 heterocycles. The van der Waals surface area contributed by atoms with Crippen molar-refractivity contribution in [2.45, 2.75) is 11.8 Å². The predicted molar refractivity (Wildman–Crippen MR) is 115 cm³/mol. The molecule has 1 aromatic heterocycles. The average molecular weight is 478 g/mol. The Kier molecular flexibility index (Phi) is 6.28. The fourth-order valence-electron chi connectivity index (χ4n) is 2.28. The van der Waals surface area contributed by atoms with E-state index in [1.54, 1.807) is 49.4 Å². The molecule has 0 atom stereocenters. The van der Waals surface area contributed by atoms with E-state index < -0.39 is 10.0 Å². The number of carbonyl (C=O) groups is 1. The van der Waals surface area contributed by atoms with Gasteiger partial charge < -0.3 is 5.32 Å². The number of benzene rings is 2. The van der Waals surface area contributed by atoms with Crippen molar-refractivity contribution in [2.24, 2.45) is 5.10 Å². The van der Waals surface area contributed by atoms with Gasteiger partial charge in [-0.1, -0.05) is 34.1 Å². The van der Waals surface area contributed by atoms with Crippen LogP contribution in [0.5, 0.6) is 0 Å². The number of carbonyl (C=O) groups excluding carboxylic acids is 1. The molecular formula is C19H16BrN3O3S2. The first-order chi connectivity index (χ1) is 13.3. The molecular weight excluding hydrogens is 462 g/mol. The van der Waals surface area contributed by atoms with Crippen LogP contribution in [0.25, 0.3) is 0 Å². The van der Waals surface area contributed by atoms with Crippen molar-refractivity contribution in [3.05, 3.63) is 81.0 Å². The second kappa shape index (κ2) is 8.68. The molecule has 2 N–H and O–H groups in total. The van der Waals surface area contributed by atoms with E-state index in [0.717, 1.165) is 4.47 Å². The Hall–Kier alpha value is -2.49. The maximum absolute atomic E-state index is 12.3. The molecule has 9 heteroatoms. The van der Waals surface area contributed by atoms with Gasteiger partial charge in [-0.3, -0.25) is 4.79 Å². The molecule has 3 rings (SSSR count). The van der Waals surface area contributed by atoms with Crippen LogP contribution >= 0.6 is 27.3 Å². The van der Waals surface area contributed by atoms with E-state index in [1.165, 1.54) is 23.5 Å². The molecule has 0 radical (unpaired) electrons. The van der Waals surface area contributed by atoms with Crippen LogP contribution in [-0.4, -0.2) is 20.0 Å². The monoisotopic (exact) mass is 477 g/mol. The molecule has 1 amide bonds. The predicted octanol–water partition coefficient (Wildman–Crippen LogP) is 4.47. The maximum atomic E-state index is 12.3. The van der Waals surface area contributed by atoms with E-state index >= 15 is 0 Å². The number of nitrogens with one attached hydrogen (secondary N) is 2. The summed E-state index contributed by atoms with van der Waals surface area (Å²) >= 11 is 4.62. The van der Waals surface area contributed by atoms with Gasteiger partial charge >= 0.3 is 0 Å². The molecule has 2 aromatic carbocycles. The minimum atomic E-state index is -3.77. The Labute approximate surface area is 175 Å². The summed E-state index contributed by atoms with van der Waals surface area (Å²) in [7, 11) is -3.77. The Bertz CT molecular complexity index is 1110. The number of halogens is 1. The third-order valence-electron chi connectivity index (χ3n) is 3.74. The molecule has 28 heavy (non-hydrogen) atoms.